The van der Waals surface area contributed by atoms with Crippen LogP contribution < -0.4 is 0 Å². The molecule has 8 atom stereocenters. The number of hydrogen-bond acceptors (Lipinski definition) is 0. The number of alkyl halides is 2. The number of allylic oxidation sites excluding steroid dienone is 4. The first-order valence-electron chi connectivity index (χ1n) is 9.59. The van der Waals surface area contributed by atoms with Crippen LogP contribution in [0, 0.1) is 34.5 Å². The van der Waals surface area contributed by atoms with Crippen molar-refractivity contribution in [3.8, 4) is 0 Å². The van der Waals surface area contributed by atoms with Crippen LogP contribution >= 0.6 is 0 Å². The average molecular weight is 320 g/mol. The van der Waals surface area contributed by atoms with E-state index in [1.165, 1.54) is 19.3 Å². The zero-order chi connectivity index (χ0) is 16.4. The molecule has 23 heavy (non-hydrogen) atoms. The van der Waals surface area contributed by atoms with Crippen molar-refractivity contribution in [2.75, 3.05) is 0 Å². The third kappa shape index (κ3) is 1.93. The maximum absolute atomic E-state index is 15.3. The van der Waals surface area contributed by atoms with Crippen molar-refractivity contribution in [1.82, 2.24) is 0 Å². The minimum absolute atomic E-state index is 0.0750. The Balaban J connectivity index is 1.75. The highest BCUT2D eigenvalue weighted by atomic mass is 19.2. The van der Waals surface area contributed by atoms with Crippen molar-refractivity contribution >= 4 is 0 Å². The van der Waals surface area contributed by atoms with Gasteiger partial charge in [-0.25, -0.2) is 8.78 Å². The van der Waals surface area contributed by atoms with E-state index in [0.29, 0.717) is 17.8 Å². The van der Waals surface area contributed by atoms with Gasteiger partial charge in [-0.05, 0) is 66.3 Å². The third-order valence-corrected chi connectivity index (χ3v) is 8.40. The van der Waals surface area contributed by atoms with E-state index in [1.807, 2.05) is 12.2 Å². The second kappa shape index (κ2) is 5.17. The molecule has 0 nitrogen and oxygen atoms in total. The first-order valence-corrected chi connectivity index (χ1v) is 9.59. The smallest absolute Gasteiger partial charge is 0.153 e. The lowest BCUT2D eigenvalue weighted by atomic mass is 9.46. The van der Waals surface area contributed by atoms with Crippen molar-refractivity contribution in [3.05, 3.63) is 23.8 Å². The SMILES string of the molecule is CC[C@H]1CC[C@H]2[C@@H]3[C@H](F)[C@@H](F)C4=CC=CC[C@]4(C)[C@H]3CC[C@]12C. The van der Waals surface area contributed by atoms with Gasteiger partial charge in [0.1, 0.15) is 6.17 Å². The van der Waals surface area contributed by atoms with Crippen molar-refractivity contribution < 1.29 is 8.78 Å². The van der Waals surface area contributed by atoms with Crippen molar-refractivity contribution in [1.29, 1.82) is 0 Å². The highest BCUT2D eigenvalue weighted by Crippen LogP contribution is 2.67. The van der Waals surface area contributed by atoms with E-state index >= 15 is 8.78 Å². The van der Waals surface area contributed by atoms with Crippen LogP contribution in [0.1, 0.15) is 59.3 Å². The number of fused-ring (bicyclic) bond motifs is 5. The van der Waals surface area contributed by atoms with Crippen molar-refractivity contribution in [2.45, 2.75) is 71.6 Å². The molecule has 0 aromatic rings. The zero-order valence-corrected chi connectivity index (χ0v) is 14.7. The molecule has 3 saturated carbocycles. The molecule has 0 bridgehead atoms. The van der Waals surface area contributed by atoms with E-state index in [-0.39, 0.29) is 16.7 Å². The Morgan fingerprint density at radius 1 is 1.13 bits per heavy atom. The summed E-state index contributed by atoms with van der Waals surface area (Å²) < 4.78 is 30.3. The monoisotopic (exact) mass is 320 g/mol. The molecule has 0 N–H and O–H groups in total. The van der Waals surface area contributed by atoms with Gasteiger partial charge >= 0.3 is 0 Å². The Labute approximate surface area is 139 Å². The topological polar surface area (TPSA) is 0 Å². The van der Waals surface area contributed by atoms with E-state index in [4.69, 9.17) is 0 Å². The Morgan fingerprint density at radius 2 is 1.91 bits per heavy atom. The van der Waals surface area contributed by atoms with Gasteiger partial charge < -0.3 is 0 Å². The van der Waals surface area contributed by atoms with Gasteiger partial charge in [-0.15, -0.1) is 0 Å². The molecule has 0 spiro atoms. The summed E-state index contributed by atoms with van der Waals surface area (Å²) in [4.78, 5) is 0. The molecule has 0 aliphatic heterocycles. The van der Waals surface area contributed by atoms with E-state index in [2.05, 4.69) is 26.8 Å². The zero-order valence-electron chi connectivity index (χ0n) is 14.7. The summed E-state index contributed by atoms with van der Waals surface area (Å²) >= 11 is 0. The largest absolute Gasteiger partial charge is 0.244 e. The first kappa shape index (κ1) is 15.8. The van der Waals surface area contributed by atoms with Gasteiger partial charge in [0.15, 0.2) is 6.17 Å². The summed E-state index contributed by atoms with van der Waals surface area (Å²) in [5.74, 6) is 1.32. The Hall–Kier alpha value is -0.660. The second-order valence-electron chi connectivity index (χ2n) is 9.04. The Bertz CT molecular complexity index is 550. The molecule has 0 saturated heterocycles. The Kier molecular flexibility index (Phi) is 3.56. The minimum Gasteiger partial charge on any atom is -0.244 e. The summed E-state index contributed by atoms with van der Waals surface area (Å²) in [6.45, 7) is 6.85. The maximum Gasteiger partial charge on any atom is 0.153 e. The highest BCUT2D eigenvalue weighted by Gasteiger charge is 2.63. The molecule has 0 aromatic carbocycles. The fraction of sp³-hybridized carbons (Fsp3) is 0.810. The molecule has 0 radical (unpaired) electrons. The van der Waals surface area contributed by atoms with Gasteiger partial charge in [-0.3, -0.25) is 0 Å². The standard InChI is InChI=1S/C21H30F2/c1-4-13-8-9-14-17-15(10-12-20(13,14)2)21(3)11-6-5-7-16(21)18(22)19(17)23/h5-7,13-15,17-19H,4,8-12H2,1-3H3/t13-,14-,15-,17-,18-,19-,20+,21+/m0/s1. The fourth-order valence-corrected chi connectivity index (χ4v) is 7.09. The summed E-state index contributed by atoms with van der Waals surface area (Å²) in [5, 5.41) is 0. The molecule has 128 valence electrons. The van der Waals surface area contributed by atoms with Crippen LogP contribution in [0.2, 0.25) is 0 Å². The van der Waals surface area contributed by atoms with E-state index in [1.54, 1.807) is 0 Å². The Morgan fingerprint density at radius 3 is 2.65 bits per heavy atom. The molecular weight excluding hydrogens is 290 g/mol. The molecule has 4 aliphatic rings. The predicted octanol–water partition coefficient (Wildman–Crippen LogP) is 6.04. The van der Waals surface area contributed by atoms with E-state index in [9.17, 15) is 0 Å². The quantitative estimate of drug-likeness (QED) is 0.553. The molecule has 3 fully saturated rings. The molecule has 0 unspecified atom stereocenters. The minimum atomic E-state index is -1.39. The number of halogens is 2. The summed E-state index contributed by atoms with van der Waals surface area (Å²) in [6.07, 6.45) is 9.91. The highest BCUT2D eigenvalue weighted by molar-refractivity contribution is 5.35. The van der Waals surface area contributed by atoms with Crippen LogP contribution in [-0.4, -0.2) is 12.3 Å². The van der Waals surface area contributed by atoms with Crippen LogP contribution in [0.25, 0.3) is 0 Å². The van der Waals surface area contributed by atoms with Crippen LogP contribution in [0.5, 0.6) is 0 Å². The van der Waals surface area contributed by atoms with E-state index in [0.717, 1.165) is 24.8 Å². The summed E-state index contributed by atoms with van der Waals surface area (Å²) in [6, 6.07) is 0. The molecule has 4 aliphatic carbocycles. The normalized spacial score (nSPS) is 54.9. The maximum atomic E-state index is 15.3. The molecule has 2 heteroatoms. The lowest BCUT2D eigenvalue weighted by molar-refractivity contribution is -0.103. The van der Waals surface area contributed by atoms with Gasteiger partial charge in [0.25, 0.3) is 0 Å². The summed E-state index contributed by atoms with van der Waals surface area (Å²) in [7, 11) is 0. The van der Waals surface area contributed by atoms with E-state index < -0.39 is 12.3 Å². The molecular formula is C21H30F2. The number of hydrogen-bond donors (Lipinski definition) is 0. The van der Waals surface area contributed by atoms with Crippen LogP contribution in [-0.2, 0) is 0 Å². The van der Waals surface area contributed by atoms with Crippen molar-refractivity contribution in [3.63, 3.8) is 0 Å². The van der Waals surface area contributed by atoms with Crippen LogP contribution in [0.15, 0.2) is 23.8 Å². The number of rotatable bonds is 1. The summed E-state index contributed by atoms with van der Waals surface area (Å²) in [5.41, 5.74) is 0.817. The molecule has 0 aromatic heterocycles. The van der Waals surface area contributed by atoms with Gasteiger partial charge in [0.2, 0.25) is 0 Å². The lowest BCUT2D eigenvalue weighted by Crippen LogP contribution is -2.57. The predicted molar refractivity (Wildman–Crippen MR) is 90.6 cm³/mol. The molecule has 0 amide bonds. The van der Waals surface area contributed by atoms with Crippen LogP contribution in [0.4, 0.5) is 8.78 Å². The third-order valence-electron chi connectivity index (χ3n) is 8.40. The van der Waals surface area contributed by atoms with Crippen molar-refractivity contribution in [2.24, 2.45) is 34.5 Å². The van der Waals surface area contributed by atoms with Gasteiger partial charge in [-0.1, -0.05) is 45.4 Å². The first-order chi connectivity index (χ1) is 10.9. The average Bonchev–Trinajstić information content (AvgIpc) is 2.88. The fourth-order valence-electron chi connectivity index (χ4n) is 7.09. The van der Waals surface area contributed by atoms with Gasteiger partial charge in [0.05, 0.1) is 0 Å². The van der Waals surface area contributed by atoms with Crippen LogP contribution in [0.3, 0.4) is 0 Å². The molecule has 0 heterocycles. The lowest BCUT2D eigenvalue weighted by Gasteiger charge is -2.59. The van der Waals surface area contributed by atoms with Gasteiger partial charge in [-0.2, -0.15) is 0 Å². The second-order valence-corrected chi connectivity index (χ2v) is 9.04. The van der Waals surface area contributed by atoms with Gasteiger partial charge in [0, 0.05) is 5.92 Å². The molecule has 4 rings (SSSR count).